The molecule has 28 heavy (non-hydrogen) atoms. The van der Waals surface area contributed by atoms with Gasteiger partial charge in [0.25, 0.3) is 5.91 Å². The number of nitrogens with zero attached hydrogens (tertiary/aromatic N) is 3. The van der Waals surface area contributed by atoms with Gasteiger partial charge in [0, 0.05) is 44.6 Å². The van der Waals surface area contributed by atoms with Crippen molar-refractivity contribution in [1.82, 2.24) is 9.88 Å². The van der Waals surface area contributed by atoms with Crippen LogP contribution in [0, 0.1) is 5.92 Å². The summed E-state index contributed by atoms with van der Waals surface area (Å²) >= 11 is 6.42. The molecule has 1 aromatic heterocycles. The first-order chi connectivity index (χ1) is 13.7. The maximum absolute atomic E-state index is 12.6. The molecule has 3 heterocycles. The van der Waals surface area contributed by atoms with Crippen molar-refractivity contribution in [2.45, 2.75) is 25.7 Å². The van der Waals surface area contributed by atoms with Crippen molar-refractivity contribution in [3.05, 3.63) is 53.2 Å². The third-order valence-corrected chi connectivity index (χ3v) is 5.98. The number of aromatic nitrogens is 1. The number of hydrogen-bond acceptors (Lipinski definition) is 4. The Labute approximate surface area is 171 Å². The summed E-state index contributed by atoms with van der Waals surface area (Å²) in [7, 11) is 0. The number of carbonyl (C=O) groups excluding carboxylic acids is 1. The van der Waals surface area contributed by atoms with Gasteiger partial charge in [-0.05, 0) is 49.8 Å². The summed E-state index contributed by atoms with van der Waals surface area (Å²) in [5.74, 6) is 1.25. The summed E-state index contributed by atoms with van der Waals surface area (Å²) < 4.78 is 0. The normalized spacial score (nSPS) is 19.7. The van der Waals surface area contributed by atoms with Crippen molar-refractivity contribution in [3.8, 4) is 0 Å². The predicted molar refractivity (Wildman–Crippen MR) is 114 cm³/mol. The van der Waals surface area contributed by atoms with Crippen LogP contribution in [0.2, 0.25) is 5.02 Å². The van der Waals surface area contributed by atoms with E-state index in [4.69, 9.17) is 11.6 Å². The van der Waals surface area contributed by atoms with E-state index in [-0.39, 0.29) is 5.91 Å². The highest BCUT2D eigenvalue weighted by Crippen LogP contribution is 2.26. The Bertz CT molecular complexity index is 807. The third kappa shape index (κ3) is 4.41. The largest absolute Gasteiger partial charge is 0.371 e. The zero-order chi connectivity index (χ0) is 19.3. The summed E-state index contributed by atoms with van der Waals surface area (Å²) in [5.41, 5.74) is 1.86. The Kier molecular flexibility index (Phi) is 6.01. The summed E-state index contributed by atoms with van der Waals surface area (Å²) in [6, 6.07) is 12.3. The molecule has 1 amide bonds. The lowest BCUT2D eigenvalue weighted by Crippen LogP contribution is -2.35. The number of anilines is 2. The van der Waals surface area contributed by atoms with E-state index in [9.17, 15) is 4.79 Å². The third-order valence-electron chi connectivity index (χ3n) is 5.70. The number of pyridine rings is 1. The first kappa shape index (κ1) is 19.1. The average Bonchev–Trinajstić information content (AvgIpc) is 3.23. The lowest BCUT2D eigenvalue weighted by Gasteiger charge is -2.26. The zero-order valence-corrected chi connectivity index (χ0v) is 16.9. The molecule has 6 heteroatoms. The summed E-state index contributed by atoms with van der Waals surface area (Å²) in [4.78, 5) is 21.4. The minimum atomic E-state index is 0.0370. The molecule has 0 radical (unpaired) electrons. The molecule has 0 spiro atoms. The fourth-order valence-corrected chi connectivity index (χ4v) is 4.31. The molecular weight excluding hydrogens is 372 g/mol. The van der Waals surface area contributed by atoms with Gasteiger partial charge in [-0.2, -0.15) is 0 Å². The number of amides is 1. The molecule has 0 saturated carbocycles. The van der Waals surface area contributed by atoms with E-state index in [0.29, 0.717) is 22.3 Å². The molecule has 1 atom stereocenters. The molecular formula is C22H27ClN4O. The average molecular weight is 399 g/mol. The van der Waals surface area contributed by atoms with Crippen LogP contribution in [0.25, 0.3) is 0 Å². The Morgan fingerprint density at radius 1 is 1.14 bits per heavy atom. The van der Waals surface area contributed by atoms with E-state index < -0.39 is 0 Å². The van der Waals surface area contributed by atoms with Crippen molar-refractivity contribution in [1.29, 1.82) is 0 Å². The highest BCUT2D eigenvalue weighted by atomic mass is 35.5. The quantitative estimate of drug-likeness (QED) is 0.815. The second kappa shape index (κ2) is 8.82. The minimum Gasteiger partial charge on any atom is -0.371 e. The van der Waals surface area contributed by atoms with Crippen molar-refractivity contribution in [2.75, 3.05) is 42.9 Å². The van der Waals surface area contributed by atoms with E-state index in [0.717, 1.165) is 52.0 Å². The molecule has 0 aliphatic carbocycles. The maximum atomic E-state index is 12.6. The predicted octanol–water partition coefficient (Wildman–Crippen LogP) is 4.30. The Morgan fingerprint density at radius 3 is 2.68 bits per heavy atom. The molecule has 0 bridgehead atoms. The summed E-state index contributed by atoms with van der Waals surface area (Å²) in [5, 5.41) is 3.89. The molecule has 1 N–H and O–H groups in total. The number of hydrogen-bond donors (Lipinski definition) is 1. The monoisotopic (exact) mass is 398 g/mol. The van der Waals surface area contributed by atoms with Gasteiger partial charge < -0.3 is 15.1 Å². The van der Waals surface area contributed by atoms with Crippen LogP contribution >= 0.6 is 11.6 Å². The number of rotatable bonds is 5. The van der Waals surface area contributed by atoms with Gasteiger partial charge in [0.1, 0.15) is 5.82 Å². The Hall–Kier alpha value is -2.27. The standard InChI is InChI=1S/C22H27ClN4O/c23-20-13-18(22(28)26-10-5-2-6-11-26)15-25-21(20)24-14-17-9-12-27(16-17)19-7-3-1-4-8-19/h1,3-4,7-8,13,15,17H,2,5-6,9-12,14,16H2,(H,24,25). The number of carbonyl (C=O) groups is 1. The molecule has 2 saturated heterocycles. The molecule has 148 valence electrons. The van der Waals surface area contributed by atoms with Crippen molar-refractivity contribution >= 4 is 29.0 Å². The number of likely N-dealkylation sites (tertiary alicyclic amines) is 1. The van der Waals surface area contributed by atoms with Gasteiger partial charge in [0.05, 0.1) is 10.6 Å². The number of piperidine rings is 1. The molecule has 1 unspecified atom stereocenters. The van der Waals surface area contributed by atoms with E-state index >= 15 is 0 Å². The van der Waals surface area contributed by atoms with Gasteiger partial charge in [-0.25, -0.2) is 4.98 Å². The lowest BCUT2D eigenvalue weighted by atomic mass is 10.1. The van der Waals surface area contributed by atoms with Crippen LogP contribution in [0.1, 0.15) is 36.0 Å². The number of benzene rings is 1. The zero-order valence-electron chi connectivity index (χ0n) is 16.1. The maximum Gasteiger partial charge on any atom is 0.255 e. The topological polar surface area (TPSA) is 48.5 Å². The van der Waals surface area contributed by atoms with Gasteiger partial charge in [-0.3, -0.25) is 4.79 Å². The van der Waals surface area contributed by atoms with Crippen LogP contribution in [0.15, 0.2) is 42.6 Å². The van der Waals surface area contributed by atoms with Crippen LogP contribution < -0.4 is 10.2 Å². The molecule has 2 aliphatic rings. The lowest BCUT2D eigenvalue weighted by molar-refractivity contribution is 0.0724. The highest BCUT2D eigenvalue weighted by molar-refractivity contribution is 6.33. The van der Waals surface area contributed by atoms with Crippen molar-refractivity contribution in [2.24, 2.45) is 5.92 Å². The second-order valence-corrected chi connectivity index (χ2v) is 8.13. The van der Waals surface area contributed by atoms with Crippen LogP contribution in [0.3, 0.4) is 0 Å². The van der Waals surface area contributed by atoms with Crippen LogP contribution in [-0.2, 0) is 0 Å². The Morgan fingerprint density at radius 2 is 1.93 bits per heavy atom. The molecule has 1 aromatic carbocycles. The number of halogens is 1. The second-order valence-electron chi connectivity index (χ2n) is 7.72. The first-order valence-corrected chi connectivity index (χ1v) is 10.6. The number of para-hydroxylation sites is 1. The minimum absolute atomic E-state index is 0.0370. The fourth-order valence-electron chi connectivity index (χ4n) is 4.08. The van der Waals surface area contributed by atoms with Crippen molar-refractivity contribution < 1.29 is 4.79 Å². The summed E-state index contributed by atoms with van der Waals surface area (Å²) in [6.07, 6.45) is 6.15. The first-order valence-electron chi connectivity index (χ1n) is 10.2. The van der Waals surface area contributed by atoms with Crippen molar-refractivity contribution in [3.63, 3.8) is 0 Å². The smallest absolute Gasteiger partial charge is 0.255 e. The fraction of sp³-hybridized carbons (Fsp3) is 0.455. The van der Waals surface area contributed by atoms with Crippen LogP contribution in [0.4, 0.5) is 11.5 Å². The van der Waals surface area contributed by atoms with Gasteiger partial charge in [-0.1, -0.05) is 29.8 Å². The molecule has 2 aromatic rings. The van der Waals surface area contributed by atoms with E-state index in [1.165, 1.54) is 12.1 Å². The molecule has 2 fully saturated rings. The van der Waals surface area contributed by atoms with Gasteiger partial charge in [-0.15, -0.1) is 0 Å². The van der Waals surface area contributed by atoms with E-state index in [1.54, 1.807) is 12.3 Å². The molecule has 2 aliphatic heterocycles. The van der Waals surface area contributed by atoms with E-state index in [2.05, 4.69) is 39.5 Å². The SMILES string of the molecule is O=C(c1cnc(NCC2CCN(c3ccccc3)C2)c(Cl)c1)N1CCCCC1. The van der Waals surface area contributed by atoms with Gasteiger partial charge >= 0.3 is 0 Å². The van der Waals surface area contributed by atoms with Crippen LogP contribution in [-0.4, -0.2) is 48.5 Å². The van der Waals surface area contributed by atoms with Crippen LogP contribution in [0.5, 0.6) is 0 Å². The summed E-state index contributed by atoms with van der Waals surface area (Å²) in [6.45, 7) is 4.59. The molecule has 5 nitrogen and oxygen atoms in total. The Balaban J connectivity index is 1.32. The number of nitrogens with one attached hydrogen (secondary N) is 1. The van der Waals surface area contributed by atoms with Gasteiger partial charge in [0.2, 0.25) is 0 Å². The van der Waals surface area contributed by atoms with E-state index in [1.807, 2.05) is 11.0 Å². The van der Waals surface area contributed by atoms with Gasteiger partial charge in [0.15, 0.2) is 0 Å². The highest BCUT2D eigenvalue weighted by Gasteiger charge is 2.23. The molecule has 4 rings (SSSR count).